The summed E-state index contributed by atoms with van der Waals surface area (Å²) in [7, 11) is 0. The van der Waals surface area contributed by atoms with Crippen LogP contribution in [0.15, 0.2) is 11.1 Å². The van der Waals surface area contributed by atoms with E-state index in [9.17, 15) is 40.2 Å². The van der Waals surface area contributed by atoms with E-state index in [1.165, 1.54) is 18.1 Å². The molecule has 0 aromatic carbocycles. The van der Waals surface area contributed by atoms with Gasteiger partial charge in [0.05, 0.1) is 42.4 Å². The first kappa shape index (κ1) is 37.3. The van der Waals surface area contributed by atoms with Crippen molar-refractivity contribution in [3.8, 4) is 0 Å². The lowest BCUT2D eigenvalue weighted by Crippen LogP contribution is -2.62. The van der Waals surface area contributed by atoms with E-state index in [1.807, 2.05) is 13.8 Å². The minimum absolute atomic E-state index is 0.0293. The summed E-state index contributed by atoms with van der Waals surface area (Å²) in [6, 6.07) is 0. The van der Waals surface area contributed by atoms with Crippen LogP contribution in [-0.2, 0) is 14.3 Å². The lowest BCUT2D eigenvalue weighted by molar-refractivity contribution is -0.198. The van der Waals surface area contributed by atoms with Gasteiger partial charge in [0, 0.05) is 17.4 Å². The first-order valence-electron chi connectivity index (χ1n) is 17.2. The van der Waals surface area contributed by atoms with Gasteiger partial charge in [-0.25, -0.2) is 0 Å². The molecule has 0 aromatic rings. The maximum Gasteiger partial charge on any atom is 0.309 e. The average Bonchev–Trinajstić information content (AvgIpc) is 3.18. The number of aliphatic carboxylic acids is 1. The molecule has 4 rings (SSSR count). The van der Waals surface area contributed by atoms with Crippen molar-refractivity contribution < 1.29 is 50.1 Å². The second-order valence-electron chi connectivity index (χ2n) is 17.4. The predicted octanol–water partition coefficient (Wildman–Crippen LogP) is 3.73. The largest absolute Gasteiger partial charge is 0.481 e. The Labute approximate surface area is 274 Å². The van der Waals surface area contributed by atoms with Crippen molar-refractivity contribution in [2.24, 2.45) is 39.4 Å². The van der Waals surface area contributed by atoms with Crippen LogP contribution in [0.1, 0.15) is 120 Å². The number of hydrogen-bond acceptors (Lipinski definition) is 9. The predicted molar refractivity (Wildman–Crippen MR) is 171 cm³/mol. The monoisotopic (exact) mass is 652 g/mol. The molecule has 0 heterocycles. The number of carboxylic acid groups (broad SMARTS) is 1. The molecule has 2 unspecified atom stereocenters. The highest BCUT2D eigenvalue weighted by atomic mass is 16.6. The number of aliphatic hydroxyl groups excluding tert-OH is 4. The van der Waals surface area contributed by atoms with Crippen LogP contribution in [0.4, 0.5) is 0 Å². The van der Waals surface area contributed by atoms with E-state index in [2.05, 4.69) is 20.8 Å². The Balaban J connectivity index is 1.61. The van der Waals surface area contributed by atoms with Gasteiger partial charge in [0.25, 0.3) is 0 Å². The molecule has 0 amide bonds. The third kappa shape index (κ3) is 6.20. The fourth-order valence-electron chi connectivity index (χ4n) is 10.9. The minimum Gasteiger partial charge on any atom is -0.481 e. The van der Waals surface area contributed by atoms with E-state index in [0.717, 1.165) is 25.7 Å². The maximum absolute atomic E-state index is 12.9. The van der Waals surface area contributed by atoms with Crippen LogP contribution in [0.3, 0.4) is 0 Å². The highest BCUT2D eigenvalue weighted by molar-refractivity contribution is 5.74. The number of hydrogen-bond donors (Lipinski definition) is 7. The van der Waals surface area contributed by atoms with Crippen molar-refractivity contribution >= 4 is 11.9 Å². The number of carboxylic acids is 1. The first-order valence-corrected chi connectivity index (χ1v) is 17.2. The van der Waals surface area contributed by atoms with Crippen molar-refractivity contribution in [2.75, 3.05) is 6.61 Å². The van der Waals surface area contributed by atoms with E-state index in [0.29, 0.717) is 25.7 Å². The molecule has 4 aliphatic carbocycles. The zero-order valence-electron chi connectivity index (χ0n) is 29.2. The Kier molecular flexibility index (Phi) is 10.0. The molecule has 11 atom stereocenters. The number of aliphatic hydroxyl groups is 6. The van der Waals surface area contributed by atoms with Crippen molar-refractivity contribution in [3.05, 3.63) is 11.1 Å². The third-order valence-electron chi connectivity index (χ3n) is 13.5. The molecule has 2 fully saturated rings. The van der Waals surface area contributed by atoms with Crippen molar-refractivity contribution in [2.45, 2.75) is 155 Å². The number of carbonyl (C=O) groups is 2. The van der Waals surface area contributed by atoms with Gasteiger partial charge in [0.2, 0.25) is 0 Å². The summed E-state index contributed by atoms with van der Waals surface area (Å²) < 4.78 is 5.84. The lowest BCUT2D eigenvalue weighted by Gasteiger charge is -2.64. The van der Waals surface area contributed by atoms with Crippen LogP contribution >= 0.6 is 0 Å². The molecule has 0 saturated heterocycles. The van der Waals surface area contributed by atoms with E-state index >= 15 is 0 Å². The summed E-state index contributed by atoms with van der Waals surface area (Å²) in [5, 5.41) is 74.5. The van der Waals surface area contributed by atoms with E-state index in [4.69, 9.17) is 9.84 Å². The van der Waals surface area contributed by atoms with Crippen LogP contribution in [0.5, 0.6) is 0 Å². The average molecular weight is 653 g/mol. The van der Waals surface area contributed by atoms with Gasteiger partial charge >= 0.3 is 11.9 Å². The second kappa shape index (κ2) is 12.4. The zero-order valence-corrected chi connectivity index (χ0v) is 29.2. The van der Waals surface area contributed by atoms with Crippen LogP contribution in [0.2, 0.25) is 0 Å². The number of esters is 1. The smallest absolute Gasteiger partial charge is 0.309 e. The minimum atomic E-state index is -1.77. The molecule has 4 aliphatic rings. The third-order valence-corrected chi connectivity index (χ3v) is 13.5. The molecule has 0 spiro atoms. The van der Waals surface area contributed by atoms with Crippen molar-refractivity contribution in [3.63, 3.8) is 0 Å². The number of fused-ring (bicyclic) bond motifs is 4. The molecule has 264 valence electrons. The summed E-state index contributed by atoms with van der Waals surface area (Å²) >= 11 is 0. The lowest BCUT2D eigenvalue weighted by atomic mass is 9.42. The van der Waals surface area contributed by atoms with Crippen molar-refractivity contribution in [1.82, 2.24) is 0 Å². The van der Waals surface area contributed by atoms with Gasteiger partial charge < -0.3 is 40.5 Å². The summed E-state index contributed by atoms with van der Waals surface area (Å²) in [4.78, 5) is 24.1. The highest BCUT2D eigenvalue weighted by Crippen LogP contribution is 2.72. The summed E-state index contributed by atoms with van der Waals surface area (Å²) in [5.74, 6) is -2.03. The van der Waals surface area contributed by atoms with Crippen LogP contribution in [-0.4, -0.2) is 89.9 Å². The molecule has 0 radical (unpaired) electrons. The summed E-state index contributed by atoms with van der Waals surface area (Å²) in [6.45, 7) is 15.0. The van der Waals surface area contributed by atoms with Crippen molar-refractivity contribution in [1.29, 1.82) is 0 Å². The number of rotatable bonds is 11. The topological polar surface area (TPSA) is 185 Å². The van der Waals surface area contributed by atoms with E-state index in [1.54, 1.807) is 13.8 Å². The van der Waals surface area contributed by atoms with Crippen LogP contribution in [0.25, 0.3) is 0 Å². The zero-order chi connectivity index (χ0) is 34.8. The molecule has 7 N–H and O–H groups in total. The standard InChI is InChI=1S/C36H60O10/c1-31(2)25-11-10-22-23(34(25,6)16-24(38)30(31)46-29(43)18-33(5,45)17-28(41)42)15-27(40)36(8)21(13-14-35(22,36)7)20(19-37)9-12-26(39)32(3,4)44/h20-21,24-27,30,37-40,44-45H,9-19H2,1-8H3,(H,41,42)/t20-,21+,24+,25-,26?,27-,30-,33?,34+,35-,36-/m0/s1. The molecule has 0 aliphatic heterocycles. The van der Waals surface area contributed by atoms with E-state index < -0.39 is 76.6 Å². The Hall–Kier alpha value is -1.56. The maximum atomic E-state index is 12.9. The van der Waals surface area contributed by atoms with Gasteiger partial charge in [-0.1, -0.05) is 45.8 Å². The van der Waals surface area contributed by atoms with Gasteiger partial charge in [-0.3, -0.25) is 9.59 Å². The Morgan fingerprint density at radius 1 is 0.978 bits per heavy atom. The Bertz CT molecular complexity index is 1200. The number of ether oxygens (including phenoxy) is 1. The van der Waals surface area contributed by atoms with Gasteiger partial charge in [-0.2, -0.15) is 0 Å². The molecule has 0 bridgehead atoms. The Morgan fingerprint density at radius 2 is 1.61 bits per heavy atom. The quantitative estimate of drug-likeness (QED) is 0.128. The van der Waals surface area contributed by atoms with Gasteiger partial charge in [0.15, 0.2) is 0 Å². The normalized spacial score (nSPS) is 39.8. The second-order valence-corrected chi connectivity index (χ2v) is 17.4. The van der Waals surface area contributed by atoms with Crippen LogP contribution in [0, 0.1) is 39.4 Å². The molecule has 46 heavy (non-hydrogen) atoms. The van der Waals surface area contributed by atoms with Gasteiger partial charge in [0.1, 0.15) is 6.10 Å². The SMILES string of the molecule is CC(O)(CC(=O)O)CC(=O)O[C@H]1[C@H](O)C[C@]2(C)C3=C(CC[C@H]2C1(C)C)[C@]1(C)CC[C@H]([C@H](CO)CCC(O)C(C)(C)O)[C@@]1(C)[C@@H](O)C3. The molecule has 2 saturated carbocycles. The van der Waals surface area contributed by atoms with Gasteiger partial charge in [-0.05, 0) is 101 Å². The van der Waals surface area contributed by atoms with E-state index in [-0.39, 0.29) is 29.8 Å². The fraction of sp³-hybridized carbons (Fsp3) is 0.889. The number of carbonyl (C=O) groups excluding carboxylic acids is 1. The molecule has 10 heteroatoms. The molecule has 10 nitrogen and oxygen atoms in total. The fourth-order valence-corrected chi connectivity index (χ4v) is 10.9. The van der Waals surface area contributed by atoms with Crippen LogP contribution < -0.4 is 0 Å². The molecule has 0 aromatic heterocycles. The highest BCUT2D eigenvalue weighted by Gasteiger charge is 2.67. The molecular formula is C36H60O10. The first-order chi connectivity index (χ1) is 21.0. The molecular weight excluding hydrogens is 592 g/mol. The summed E-state index contributed by atoms with van der Waals surface area (Å²) in [5.41, 5.74) is -2.39. The van der Waals surface area contributed by atoms with Gasteiger partial charge in [-0.15, -0.1) is 0 Å². The Morgan fingerprint density at radius 3 is 2.17 bits per heavy atom. The summed E-state index contributed by atoms with van der Waals surface area (Å²) in [6.07, 6.45) is 0.517. The number of allylic oxidation sites excluding steroid dienone is 1.